The van der Waals surface area contributed by atoms with Crippen LogP contribution in [-0.4, -0.2) is 43.7 Å². The van der Waals surface area contributed by atoms with Gasteiger partial charge in [0.25, 0.3) is 11.8 Å². The maximum absolute atomic E-state index is 13.1. The summed E-state index contributed by atoms with van der Waals surface area (Å²) in [6.45, 7) is 4.87. The third-order valence-corrected chi connectivity index (χ3v) is 6.59. The largest absolute Gasteiger partial charge is 0.506 e. The van der Waals surface area contributed by atoms with Crippen LogP contribution < -0.4 is 15.4 Å². The number of sulfone groups is 1. The van der Waals surface area contributed by atoms with Crippen LogP contribution in [0.2, 0.25) is 0 Å². The average Bonchev–Trinajstić information content (AvgIpc) is 2.77. The molecule has 0 heterocycles. The zero-order valence-corrected chi connectivity index (χ0v) is 19.4. The molecule has 0 radical (unpaired) electrons. The van der Waals surface area contributed by atoms with Crippen molar-refractivity contribution in [1.82, 2.24) is 5.32 Å². The smallest absolute Gasteiger partial charge is 0.259 e. The molecule has 0 fully saturated rings. The van der Waals surface area contributed by atoms with E-state index >= 15 is 0 Å². The van der Waals surface area contributed by atoms with E-state index in [0.717, 1.165) is 10.8 Å². The van der Waals surface area contributed by atoms with E-state index in [2.05, 4.69) is 10.6 Å². The van der Waals surface area contributed by atoms with Gasteiger partial charge in [0.1, 0.15) is 11.5 Å². The van der Waals surface area contributed by atoms with Crippen LogP contribution in [0.15, 0.2) is 59.5 Å². The van der Waals surface area contributed by atoms with Crippen LogP contribution in [-0.2, 0) is 14.6 Å². The molecule has 3 rings (SSSR count). The molecule has 0 bridgehead atoms. The minimum absolute atomic E-state index is 0.0153. The van der Waals surface area contributed by atoms with Gasteiger partial charge < -0.3 is 20.5 Å². The van der Waals surface area contributed by atoms with Crippen molar-refractivity contribution in [2.24, 2.45) is 0 Å². The molecule has 0 aliphatic carbocycles. The summed E-state index contributed by atoms with van der Waals surface area (Å²) >= 11 is 0. The Morgan fingerprint density at radius 3 is 2.33 bits per heavy atom. The number of carbonyl (C=O) groups excluding carboxylic acids is 2. The number of phenols is 1. The molecule has 3 aromatic carbocycles. The maximum atomic E-state index is 13.1. The van der Waals surface area contributed by atoms with Crippen LogP contribution in [0.3, 0.4) is 0 Å². The molecule has 0 aromatic heterocycles. The number of amides is 2. The number of hydrogen-bond donors (Lipinski definition) is 3. The lowest BCUT2D eigenvalue weighted by molar-refractivity contribution is -0.123. The average molecular weight is 471 g/mol. The Hall–Kier alpha value is -3.59. The fourth-order valence-electron chi connectivity index (χ4n) is 3.19. The Labute approximate surface area is 192 Å². The molecular formula is C24H26N2O6S. The molecule has 9 heteroatoms. The highest BCUT2D eigenvalue weighted by Gasteiger charge is 2.19. The first-order valence-corrected chi connectivity index (χ1v) is 12.1. The predicted octanol–water partition coefficient (Wildman–Crippen LogP) is 3.49. The molecule has 0 atom stereocenters. The number of rotatable bonds is 8. The third kappa shape index (κ3) is 5.81. The molecule has 0 spiro atoms. The number of anilines is 1. The summed E-state index contributed by atoms with van der Waals surface area (Å²) in [6.07, 6.45) is 0. The SMILES string of the molecule is CCS(=O)(=O)c1ccc(O)c(NC(=O)c2cc3ccccc3cc2OCC(=O)NC(C)C)c1. The summed E-state index contributed by atoms with van der Waals surface area (Å²) in [4.78, 5) is 25.2. The number of aromatic hydroxyl groups is 1. The lowest BCUT2D eigenvalue weighted by Gasteiger charge is -2.15. The van der Waals surface area contributed by atoms with Gasteiger partial charge in [0, 0.05) is 6.04 Å². The standard InChI is InChI=1S/C24H26N2O6S/c1-4-33(30,31)18-9-10-21(27)20(13-18)26-24(29)19-11-16-7-5-6-8-17(16)12-22(19)32-14-23(28)25-15(2)3/h5-13,15,27H,4,14H2,1-3H3,(H,25,28)(H,26,29). The van der Waals surface area contributed by atoms with Crippen LogP contribution in [0, 0.1) is 0 Å². The van der Waals surface area contributed by atoms with Crippen molar-refractivity contribution in [3.05, 3.63) is 60.2 Å². The van der Waals surface area contributed by atoms with Crippen molar-refractivity contribution in [2.75, 3.05) is 17.7 Å². The Morgan fingerprint density at radius 2 is 1.70 bits per heavy atom. The predicted molar refractivity (Wildman–Crippen MR) is 127 cm³/mol. The van der Waals surface area contributed by atoms with Gasteiger partial charge in [0.15, 0.2) is 16.4 Å². The highest BCUT2D eigenvalue weighted by atomic mass is 32.2. The van der Waals surface area contributed by atoms with Gasteiger partial charge in [-0.2, -0.15) is 0 Å². The second-order valence-electron chi connectivity index (χ2n) is 7.74. The normalized spacial score (nSPS) is 11.4. The zero-order valence-electron chi connectivity index (χ0n) is 18.6. The summed E-state index contributed by atoms with van der Waals surface area (Å²) in [5, 5.41) is 17.0. The lowest BCUT2D eigenvalue weighted by atomic mass is 10.1. The van der Waals surface area contributed by atoms with Crippen molar-refractivity contribution >= 4 is 38.1 Å². The van der Waals surface area contributed by atoms with Gasteiger partial charge >= 0.3 is 0 Å². The van der Waals surface area contributed by atoms with E-state index in [-0.39, 0.29) is 52.0 Å². The fourth-order valence-corrected chi connectivity index (χ4v) is 4.09. The molecule has 3 aromatic rings. The second kappa shape index (κ2) is 9.91. The van der Waals surface area contributed by atoms with Gasteiger partial charge in [0.05, 0.1) is 21.9 Å². The van der Waals surface area contributed by atoms with Crippen LogP contribution in [0.1, 0.15) is 31.1 Å². The fraction of sp³-hybridized carbons (Fsp3) is 0.250. The van der Waals surface area contributed by atoms with Gasteiger partial charge in [-0.15, -0.1) is 0 Å². The van der Waals surface area contributed by atoms with E-state index < -0.39 is 15.7 Å². The molecule has 0 saturated heterocycles. The van der Waals surface area contributed by atoms with E-state index in [1.165, 1.54) is 25.1 Å². The molecule has 174 valence electrons. The first-order chi connectivity index (χ1) is 15.6. The Kier molecular flexibility index (Phi) is 7.23. The minimum atomic E-state index is -3.53. The summed E-state index contributed by atoms with van der Waals surface area (Å²) in [6, 6.07) is 14.3. The molecule has 2 amide bonds. The second-order valence-corrected chi connectivity index (χ2v) is 10.0. The summed E-state index contributed by atoms with van der Waals surface area (Å²) in [7, 11) is -3.53. The van der Waals surface area contributed by atoms with E-state index in [1.54, 1.807) is 12.1 Å². The number of carbonyl (C=O) groups is 2. The first kappa shape index (κ1) is 24.1. The monoisotopic (exact) mass is 470 g/mol. The summed E-state index contributed by atoms with van der Waals surface area (Å²) in [5.41, 5.74) is 0.0837. The summed E-state index contributed by atoms with van der Waals surface area (Å²) < 4.78 is 30.0. The van der Waals surface area contributed by atoms with Gasteiger partial charge in [0.2, 0.25) is 0 Å². The number of fused-ring (bicyclic) bond motifs is 1. The van der Waals surface area contributed by atoms with Crippen molar-refractivity contribution in [3.8, 4) is 11.5 Å². The molecule has 8 nitrogen and oxygen atoms in total. The van der Waals surface area contributed by atoms with Gasteiger partial charge in [-0.05, 0) is 55.0 Å². The van der Waals surface area contributed by atoms with E-state index in [1.807, 2.05) is 38.1 Å². The van der Waals surface area contributed by atoms with Gasteiger partial charge in [-0.3, -0.25) is 9.59 Å². The number of phenolic OH excluding ortho intramolecular Hbond substituents is 1. The number of nitrogens with one attached hydrogen (secondary N) is 2. The van der Waals surface area contributed by atoms with Crippen molar-refractivity contribution in [1.29, 1.82) is 0 Å². The van der Waals surface area contributed by atoms with Crippen molar-refractivity contribution in [3.63, 3.8) is 0 Å². The van der Waals surface area contributed by atoms with E-state index in [9.17, 15) is 23.1 Å². The topological polar surface area (TPSA) is 122 Å². The van der Waals surface area contributed by atoms with Gasteiger partial charge in [-0.25, -0.2) is 8.42 Å². The Balaban J connectivity index is 1.96. The van der Waals surface area contributed by atoms with Crippen molar-refractivity contribution in [2.45, 2.75) is 31.7 Å². The molecule has 0 saturated carbocycles. The van der Waals surface area contributed by atoms with Crippen molar-refractivity contribution < 1.29 is 27.9 Å². The first-order valence-electron chi connectivity index (χ1n) is 10.4. The van der Waals surface area contributed by atoms with E-state index in [4.69, 9.17) is 4.74 Å². The maximum Gasteiger partial charge on any atom is 0.259 e. The van der Waals surface area contributed by atoms with Crippen LogP contribution in [0.5, 0.6) is 11.5 Å². The number of benzene rings is 3. The van der Waals surface area contributed by atoms with E-state index in [0.29, 0.717) is 0 Å². The molecular weight excluding hydrogens is 444 g/mol. The number of hydrogen-bond acceptors (Lipinski definition) is 6. The number of ether oxygens (including phenoxy) is 1. The lowest BCUT2D eigenvalue weighted by Crippen LogP contribution is -2.34. The minimum Gasteiger partial charge on any atom is -0.506 e. The highest BCUT2D eigenvalue weighted by Crippen LogP contribution is 2.30. The highest BCUT2D eigenvalue weighted by molar-refractivity contribution is 7.91. The quantitative estimate of drug-likeness (QED) is 0.433. The summed E-state index contributed by atoms with van der Waals surface area (Å²) in [5.74, 6) is -1.17. The molecule has 0 unspecified atom stereocenters. The molecule has 0 aliphatic rings. The zero-order chi connectivity index (χ0) is 24.2. The van der Waals surface area contributed by atoms with Crippen LogP contribution in [0.4, 0.5) is 5.69 Å². The van der Waals surface area contributed by atoms with Crippen LogP contribution in [0.25, 0.3) is 10.8 Å². The van der Waals surface area contributed by atoms with Gasteiger partial charge in [-0.1, -0.05) is 31.2 Å². The third-order valence-electron chi connectivity index (χ3n) is 4.86. The Morgan fingerprint density at radius 1 is 1.03 bits per heavy atom. The molecule has 0 aliphatic heterocycles. The molecule has 3 N–H and O–H groups in total. The Bertz CT molecular complexity index is 1300. The van der Waals surface area contributed by atoms with Crippen LogP contribution >= 0.6 is 0 Å². The molecule has 33 heavy (non-hydrogen) atoms.